The Morgan fingerprint density at radius 2 is 1.87 bits per heavy atom. The first-order valence-corrected chi connectivity index (χ1v) is 11.1. The average molecular weight is 466 g/mol. The van der Waals surface area contributed by atoms with E-state index in [4.69, 9.17) is 0 Å². The molecule has 0 unspecified atom stereocenters. The number of imide groups is 1. The van der Waals surface area contributed by atoms with Crippen LogP contribution in [-0.4, -0.2) is 35.2 Å². The monoisotopic (exact) mass is 465 g/mol. The number of halogens is 1. The summed E-state index contributed by atoms with van der Waals surface area (Å²) in [6, 6.07) is 13.0. The molecule has 1 spiro atoms. The van der Waals surface area contributed by atoms with Crippen molar-refractivity contribution < 1.29 is 14.4 Å². The Bertz CT molecular complexity index is 1150. The van der Waals surface area contributed by atoms with E-state index in [0.29, 0.717) is 16.7 Å². The van der Waals surface area contributed by atoms with E-state index in [-0.39, 0.29) is 23.8 Å². The third-order valence-electron chi connectivity index (χ3n) is 7.33. The molecule has 4 heterocycles. The van der Waals surface area contributed by atoms with Crippen molar-refractivity contribution in [1.82, 2.24) is 4.90 Å². The number of hydrogen-bond donors (Lipinski definition) is 1. The van der Waals surface area contributed by atoms with Crippen LogP contribution in [0.3, 0.4) is 0 Å². The van der Waals surface area contributed by atoms with E-state index < -0.39 is 17.4 Å². The Morgan fingerprint density at radius 1 is 1.07 bits per heavy atom. The molecule has 1 N–H and O–H groups in total. The summed E-state index contributed by atoms with van der Waals surface area (Å²) < 4.78 is 0.691. The fraction of sp³-hybridized carbons (Fsp3) is 0.348. The van der Waals surface area contributed by atoms with Gasteiger partial charge in [-0.1, -0.05) is 30.3 Å². The fourth-order valence-corrected chi connectivity index (χ4v) is 6.71. The summed E-state index contributed by atoms with van der Waals surface area (Å²) in [6.07, 6.45) is 1.74. The zero-order chi connectivity index (χ0) is 20.8. The number of carbonyl (C=O) groups excluding carboxylic acids is 3. The summed E-state index contributed by atoms with van der Waals surface area (Å²) in [5, 5.41) is 3.05. The largest absolute Gasteiger partial charge is 0.324 e. The van der Waals surface area contributed by atoms with Crippen molar-refractivity contribution in [2.75, 3.05) is 16.8 Å². The fourth-order valence-electron chi connectivity index (χ4n) is 6.25. The molecule has 3 amide bonds. The molecule has 0 radical (unpaired) electrons. The highest BCUT2D eigenvalue weighted by Crippen LogP contribution is 2.61. The Kier molecular flexibility index (Phi) is 3.66. The first-order valence-electron chi connectivity index (χ1n) is 10.3. The van der Waals surface area contributed by atoms with Gasteiger partial charge < -0.3 is 5.32 Å². The standard InChI is InChI=1S/C23H20BrN3O3/c1-12-6-4-7-13-19(12)25-22(30)23(13)18-17(16-10-5-11-26(16)23)20(28)27(21(18)29)15-9-3-2-8-14(15)24/h2-4,6-9,16-18H,5,10-11H2,1H3,(H,25,30)/t16-,17-,18-,23-/m0/s1. The molecule has 0 bridgehead atoms. The van der Waals surface area contributed by atoms with Crippen LogP contribution in [0.1, 0.15) is 24.0 Å². The van der Waals surface area contributed by atoms with Crippen molar-refractivity contribution in [2.24, 2.45) is 11.8 Å². The van der Waals surface area contributed by atoms with Crippen molar-refractivity contribution >= 4 is 45.0 Å². The molecule has 4 aliphatic heterocycles. The quantitative estimate of drug-likeness (QED) is 0.656. The first-order chi connectivity index (χ1) is 14.5. The second-order valence-corrected chi connectivity index (χ2v) is 9.44. The average Bonchev–Trinajstić information content (AvgIpc) is 3.42. The molecule has 6 rings (SSSR count). The van der Waals surface area contributed by atoms with Crippen molar-refractivity contribution in [3.05, 3.63) is 58.1 Å². The number of amides is 3. The van der Waals surface area contributed by atoms with E-state index >= 15 is 0 Å². The van der Waals surface area contributed by atoms with Gasteiger partial charge in [-0.2, -0.15) is 0 Å². The van der Waals surface area contributed by atoms with Crippen LogP contribution in [0.5, 0.6) is 0 Å². The minimum atomic E-state index is -1.12. The number of nitrogens with one attached hydrogen (secondary N) is 1. The lowest BCUT2D eigenvalue weighted by atomic mass is 9.75. The van der Waals surface area contributed by atoms with Crippen LogP contribution < -0.4 is 10.2 Å². The number of rotatable bonds is 1. The van der Waals surface area contributed by atoms with E-state index in [9.17, 15) is 14.4 Å². The molecular formula is C23H20BrN3O3. The van der Waals surface area contributed by atoms with E-state index in [1.54, 1.807) is 6.07 Å². The van der Waals surface area contributed by atoms with Crippen LogP contribution in [0.15, 0.2) is 46.9 Å². The van der Waals surface area contributed by atoms with E-state index in [1.165, 1.54) is 4.90 Å². The SMILES string of the molecule is Cc1cccc2c1NC(=O)[C@@]21[C@@H]2C(=O)N(c3ccccc3Br)C(=O)[C@H]2[C@@H]2CCCN21. The van der Waals surface area contributed by atoms with Crippen LogP contribution in [-0.2, 0) is 19.9 Å². The topological polar surface area (TPSA) is 69.7 Å². The molecule has 30 heavy (non-hydrogen) atoms. The molecule has 3 saturated heterocycles. The van der Waals surface area contributed by atoms with E-state index in [2.05, 4.69) is 26.1 Å². The second kappa shape index (κ2) is 6.02. The van der Waals surface area contributed by atoms with Gasteiger partial charge in [0.25, 0.3) is 0 Å². The Hall–Kier alpha value is -2.51. The zero-order valence-electron chi connectivity index (χ0n) is 16.4. The third-order valence-corrected chi connectivity index (χ3v) is 8.00. The lowest BCUT2D eigenvalue weighted by Gasteiger charge is -2.36. The summed E-state index contributed by atoms with van der Waals surface area (Å²) >= 11 is 3.48. The smallest absolute Gasteiger partial charge is 0.250 e. The van der Waals surface area contributed by atoms with Gasteiger partial charge in [0.05, 0.1) is 17.5 Å². The molecule has 0 saturated carbocycles. The maximum atomic E-state index is 13.9. The maximum absolute atomic E-state index is 13.9. The van der Waals surface area contributed by atoms with Gasteiger partial charge in [0, 0.05) is 21.8 Å². The maximum Gasteiger partial charge on any atom is 0.250 e. The van der Waals surface area contributed by atoms with Gasteiger partial charge in [0.1, 0.15) is 5.54 Å². The minimum Gasteiger partial charge on any atom is -0.324 e. The number of anilines is 2. The van der Waals surface area contributed by atoms with Crippen LogP contribution in [0.2, 0.25) is 0 Å². The van der Waals surface area contributed by atoms with Crippen LogP contribution >= 0.6 is 15.9 Å². The molecular weight excluding hydrogens is 446 g/mol. The van der Waals surface area contributed by atoms with Crippen molar-refractivity contribution in [1.29, 1.82) is 0 Å². The number of fused-ring (bicyclic) bond motifs is 7. The van der Waals surface area contributed by atoms with Gasteiger partial charge in [-0.15, -0.1) is 0 Å². The van der Waals surface area contributed by atoms with Gasteiger partial charge >= 0.3 is 0 Å². The zero-order valence-corrected chi connectivity index (χ0v) is 18.0. The minimum absolute atomic E-state index is 0.101. The van der Waals surface area contributed by atoms with Crippen molar-refractivity contribution in [2.45, 2.75) is 31.3 Å². The highest BCUT2D eigenvalue weighted by atomic mass is 79.9. The summed E-state index contributed by atoms with van der Waals surface area (Å²) in [7, 11) is 0. The molecule has 2 aromatic carbocycles. The van der Waals surface area contributed by atoms with E-state index in [1.807, 2.05) is 43.3 Å². The number of para-hydroxylation sites is 2. The van der Waals surface area contributed by atoms with Crippen molar-refractivity contribution in [3.8, 4) is 0 Å². The predicted octanol–water partition coefficient (Wildman–Crippen LogP) is 3.19. The second-order valence-electron chi connectivity index (χ2n) is 8.59. The third kappa shape index (κ3) is 1.95. The molecule has 0 aromatic heterocycles. The van der Waals surface area contributed by atoms with Gasteiger partial charge in [-0.25, -0.2) is 4.90 Å². The van der Waals surface area contributed by atoms with Crippen LogP contribution in [0, 0.1) is 18.8 Å². The molecule has 7 heteroatoms. The molecule has 0 aliphatic carbocycles. The predicted molar refractivity (Wildman–Crippen MR) is 115 cm³/mol. The molecule has 4 aliphatic rings. The molecule has 4 atom stereocenters. The number of aryl methyl sites for hydroxylation is 1. The summed E-state index contributed by atoms with van der Waals surface area (Å²) in [6.45, 7) is 2.68. The van der Waals surface area contributed by atoms with Gasteiger partial charge in [0.2, 0.25) is 17.7 Å². The Labute approximate surface area is 182 Å². The Balaban J connectivity index is 1.59. The summed E-state index contributed by atoms with van der Waals surface area (Å²) in [5.74, 6) is -1.88. The molecule has 3 fully saturated rings. The van der Waals surface area contributed by atoms with Gasteiger partial charge in [-0.3, -0.25) is 19.3 Å². The summed E-state index contributed by atoms with van der Waals surface area (Å²) in [5.41, 5.74) is 2.02. The summed E-state index contributed by atoms with van der Waals surface area (Å²) in [4.78, 5) is 44.6. The highest BCUT2D eigenvalue weighted by Gasteiger charge is 2.74. The lowest BCUT2D eigenvalue weighted by Crippen LogP contribution is -2.54. The Morgan fingerprint density at radius 3 is 2.67 bits per heavy atom. The van der Waals surface area contributed by atoms with Crippen LogP contribution in [0.4, 0.5) is 11.4 Å². The number of benzene rings is 2. The first kappa shape index (κ1) is 18.3. The molecule has 152 valence electrons. The molecule has 2 aromatic rings. The normalized spacial score (nSPS) is 32.0. The highest BCUT2D eigenvalue weighted by molar-refractivity contribution is 9.10. The number of hydrogen-bond acceptors (Lipinski definition) is 4. The van der Waals surface area contributed by atoms with Gasteiger partial charge in [0.15, 0.2) is 0 Å². The number of nitrogens with zero attached hydrogens (tertiary/aromatic N) is 2. The van der Waals surface area contributed by atoms with Gasteiger partial charge in [-0.05, 0) is 59.9 Å². The molecule has 6 nitrogen and oxygen atoms in total. The number of carbonyl (C=O) groups is 3. The van der Waals surface area contributed by atoms with E-state index in [0.717, 1.165) is 29.7 Å². The van der Waals surface area contributed by atoms with Crippen LogP contribution in [0.25, 0.3) is 0 Å². The van der Waals surface area contributed by atoms with Crippen molar-refractivity contribution in [3.63, 3.8) is 0 Å². The lowest BCUT2D eigenvalue weighted by molar-refractivity contribution is -0.135.